The second kappa shape index (κ2) is 6.89. The Kier molecular flexibility index (Phi) is 5.17. The van der Waals surface area contributed by atoms with E-state index in [-0.39, 0.29) is 0 Å². The van der Waals surface area contributed by atoms with Crippen LogP contribution in [0, 0.1) is 12.8 Å². The van der Waals surface area contributed by atoms with Crippen molar-refractivity contribution in [2.75, 3.05) is 24.5 Å². The van der Waals surface area contributed by atoms with Crippen LogP contribution in [-0.2, 0) is 0 Å². The molecule has 5 nitrogen and oxygen atoms in total. The highest BCUT2D eigenvalue weighted by Gasteiger charge is 2.24. The van der Waals surface area contributed by atoms with Gasteiger partial charge in [-0.3, -0.25) is 4.79 Å². The summed E-state index contributed by atoms with van der Waals surface area (Å²) < 4.78 is 0. The monoisotopic (exact) mass is 290 g/mol. The van der Waals surface area contributed by atoms with Gasteiger partial charge in [0.25, 0.3) is 5.91 Å². The van der Waals surface area contributed by atoms with Crippen LogP contribution in [0.3, 0.4) is 0 Å². The molecule has 1 aromatic rings. The zero-order valence-electron chi connectivity index (χ0n) is 13.2. The molecule has 0 spiro atoms. The van der Waals surface area contributed by atoms with E-state index in [0.29, 0.717) is 17.5 Å². The molecule has 0 bridgehead atoms. The van der Waals surface area contributed by atoms with Crippen molar-refractivity contribution in [1.82, 2.24) is 10.3 Å². The number of nitrogens with zero attached hydrogens (tertiary/aromatic N) is 2. The van der Waals surface area contributed by atoms with Gasteiger partial charge in [-0.15, -0.1) is 0 Å². The Hall–Kier alpha value is -1.62. The highest BCUT2D eigenvalue weighted by atomic mass is 16.1. The largest absolute Gasteiger partial charge is 0.365 e. The van der Waals surface area contributed by atoms with E-state index in [2.05, 4.69) is 29.0 Å². The van der Waals surface area contributed by atoms with Gasteiger partial charge >= 0.3 is 0 Å². The number of carbonyl (C=O) groups excluding carboxylic acids is 1. The fourth-order valence-electron chi connectivity index (χ4n) is 2.91. The van der Waals surface area contributed by atoms with Crippen LogP contribution in [0.1, 0.15) is 42.6 Å². The van der Waals surface area contributed by atoms with Crippen LogP contribution in [0.25, 0.3) is 0 Å². The standard InChI is InChI=1S/C16H26N4O/c1-11(2)19-9-13-5-4-8-20(10-13)16-14(15(17)21)12(3)6-7-18-16/h6-7,11,13,19H,4-5,8-10H2,1-3H3,(H2,17,21). The second-order valence-corrected chi connectivity index (χ2v) is 6.21. The number of piperidine rings is 1. The van der Waals surface area contributed by atoms with Crippen molar-refractivity contribution in [3.8, 4) is 0 Å². The lowest BCUT2D eigenvalue weighted by Gasteiger charge is -2.35. The topological polar surface area (TPSA) is 71.2 Å². The number of nitrogens with two attached hydrogens (primary N) is 1. The van der Waals surface area contributed by atoms with Gasteiger partial charge < -0.3 is 16.0 Å². The van der Waals surface area contributed by atoms with E-state index in [4.69, 9.17) is 5.73 Å². The van der Waals surface area contributed by atoms with Gasteiger partial charge in [-0.25, -0.2) is 4.98 Å². The van der Waals surface area contributed by atoms with E-state index in [0.717, 1.165) is 37.4 Å². The summed E-state index contributed by atoms with van der Waals surface area (Å²) in [5.74, 6) is 0.943. The minimum atomic E-state index is -0.391. The lowest BCUT2D eigenvalue weighted by Crippen LogP contribution is -2.42. The smallest absolute Gasteiger partial charge is 0.252 e. The number of carbonyl (C=O) groups is 1. The Labute approximate surface area is 126 Å². The molecule has 0 aromatic carbocycles. The van der Waals surface area contributed by atoms with Crippen molar-refractivity contribution in [3.05, 3.63) is 23.4 Å². The van der Waals surface area contributed by atoms with E-state index in [1.54, 1.807) is 6.20 Å². The third-order valence-corrected chi connectivity index (χ3v) is 4.02. The van der Waals surface area contributed by atoms with Crippen LogP contribution >= 0.6 is 0 Å². The van der Waals surface area contributed by atoms with E-state index in [1.165, 1.54) is 6.42 Å². The Morgan fingerprint density at radius 3 is 3.00 bits per heavy atom. The number of hydrogen-bond acceptors (Lipinski definition) is 4. The molecule has 2 rings (SSSR count). The summed E-state index contributed by atoms with van der Waals surface area (Å²) in [6.07, 6.45) is 4.10. The Morgan fingerprint density at radius 1 is 1.57 bits per heavy atom. The first-order chi connectivity index (χ1) is 9.99. The molecule has 1 aliphatic heterocycles. The summed E-state index contributed by atoms with van der Waals surface area (Å²) in [6.45, 7) is 9.10. The van der Waals surface area contributed by atoms with Gasteiger partial charge in [0.1, 0.15) is 5.82 Å². The number of rotatable bonds is 5. The molecule has 5 heteroatoms. The lowest BCUT2D eigenvalue weighted by molar-refractivity contribution is 0.0999. The molecule has 21 heavy (non-hydrogen) atoms. The first-order valence-corrected chi connectivity index (χ1v) is 7.72. The van der Waals surface area contributed by atoms with Crippen molar-refractivity contribution in [2.24, 2.45) is 11.7 Å². The van der Waals surface area contributed by atoms with E-state index in [9.17, 15) is 4.79 Å². The molecule has 0 radical (unpaired) electrons. The number of aromatic nitrogens is 1. The van der Waals surface area contributed by atoms with Crippen LogP contribution in [0.15, 0.2) is 12.3 Å². The first kappa shape index (κ1) is 15.8. The molecule has 1 aliphatic rings. The number of hydrogen-bond donors (Lipinski definition) is 2. The van der Waals surface area contributed by atoms with Crippen molar-refractivity contribution in [2.45, 2.75) is 39.7 Å². The summed E-state index contributed by atoms with van der Waals surface area (Å²) in [5, 5.41) is 3.50. The Morgan fingerprint density at radius 2 is 2.33 bits per heavy atom. The van der Waals surface area contributed by atoms with Gasteiger partial charge in [0.15, 0.2) is 0 Å². The molecule has 0 aliphatic carbocycles. The number of nitrogens with one attached hydrogen (secondary N) is 1. The third kappa shape index (κ3) is 3.94. The predicted molar refractivity (Wildman–Crippen MR) is 85.6 cm³/mol. The zero-order valence-corrected chi connectivity index (χ0v) is 13.2. The normalized spacial score (nSPS) is 19.0. The van der Waals surface area contributed by atoms with Gasteiger partial charge in [0.05, 0.1) is 5.56 Å². The van der Waals surface area contributed by atoms with Crippen molar-refractivity contribution < 1.29 is 4.79 Å². The van der Waals surface area contributed by atoms with Crippen LogP contribution in [0.2, 0.25) is 0 Å². The second-order valence-electron chi connectivity index (χ2n) is 6.21. The molecule has 1 unspecified atom stereocenters. The quantitative estimate of drug-likeness (QED) is 0.866. The number of amides is 1. The van der Waals surface area contributed by atoms with Gasteiger partial charge in [-0.1, -0.05) is 13.8 Å². The molecular formula is C16H26N4O. The fourth-order valence-corrected chi connectivity index (χ4v) is 2.91. The summed E-state index contributed by atoms with van der Waals surface area (Å²) in [7, 11) is 0. The molecule has 1 saturated heterocycles. The van der Waals surface area contributed by atoms with Crippen molar-refractivity contribution in [3.63, 3.8) is 0 Å². The van der Waals surface area contributed by atoms with Gasteiger partial charge in [0, 0.05) is 25.3 Å². The minimum Gasteiger partial charge on any atom is -0.365 e. The minimum absolute atomic E-state index is 0.391. The summed E-state index contributed by atoms with van der Waals surface area (Å²) in [5.41, 5.74) is 7.00. The number of anilines is 1. The maximum atomic E-state index is 11.7. The molecule has 1 aromatic heterocycles. The van der Waals surface area contributed by atoms with Crippen LogP contribution in [0.5, 0.6) is 0 Å². The fraction of sp³-hybridized carbons (Fsp3) is 0.625. The highest BCUT2D eigenvalue weighted by molar-refractivity contribution is 5.99. The molecule has 1 amide bonds. The predicted octanol–water partition coefficient (Wildman–Crippen LogP) is 1.70. The number of primary amides is 1. The summed E-state index contributed by atoms with van der Waals surface area (Å²) in [6, 6.07) is 2.34. The van der Waals surface area contributed by atoms with Crippen molar-refractivity contribution in [1.29, 1.82) is 0 Å². The van der Waals surface area contributed by atoms with Crippen LogP contribution in [-0.4, -0.2) is 36.6 Å². The molecule has 2 heterocycles. The van der Waals surface area contributed by atoms with Crippen LogP contribution < -0.4 is 16.0 Å². The molecular weight excluding hydrogens is 264 g/mol. The molecule has 0 saturated carbocycles. The molecule has 1 atom stereocenters. The average Bonchev–Trinajstić information content (AvgIpc) is 2.44. The van der Waals surface area contributed by atoms with Crippen LogP contribution in [0.4, 0.5) is 5.82 Å². The maximum Gasteiger partial charge on any atom is 0.252 e. The van der Waals surface area contributed by atoms with Crippen molar-refractivity contribution >= 4 is 11.7 Å². The van der Waals surface area contributed by atoms with E-state index >= 15 is 0 Å². The third-order valence-electron chi connectivity index (χ3n) is 4.02. The molecule has 116 valence electrons. The number of aryl methyl sites for hydroxylation is 1. The summed E-state index contributed by atoms with van der Waals surface area (Å²) >= 11 is 0. The van der Waals surface area contributed by atoms with E-state index < -0.39 is 5.91 Å². The van der Waals surface area contributed by atoms with Gasteiger partial charge in [-0.2, -0.15) is 0 Å². The first-order valence-electron chi connectivity index (χ1n) is 7.72. The SMILES string of the molecule is Cc1ccnc(N2CCCC(CNC(C)C)C2)c1C(N)=O. The molecule has 3 N–H and O–H groups in total. The Balaban J connectivity index is 2.14. The number of pyridine rings is 1. The summed E-state index contributed by atoms with van der Waals surface area (Å²) in [4.78, 5) is 18.4. The highest BCUT2D eigenvalue weighted by Crippen LogP contribution is 2.26. The van der Waals surface area contributed by atoms with E-state index in [1.807, 2.05) is 13.0 Å². The molecule has 1 fully saturated rings. The lowest BCUT2D eigenvalue weighted by atomic mass is 9.97. The maximum absolute atomic E-state index is 11.7. The van der Waals surface area contributed by atoms with Gasteiger partial charge in [-0.05, 0) is 43.9 Å². The average molecular weight is 290 g/mol. The van der Waals surface area contributed by atoms with Gasteiger partial charge in [0.2, 0.25) is 0 Å². The Bertz CT molecular complexity index is 501. The zero-order chi connectivity index (χ0) is 15.4.